The maximum atomic E-state index is 10.6. The molecular weight excluding hydrogens is 166 g/mol. The minimum atomic E-state index is -0.540. The molecule has 1 unspecified atom stereocenters. The molecule has 0 radical (unpaired) electrons. The largest absolute Gasteiger partial charge is 0.368 e. The van der Waals surface area contributed by atoms with E-state index in [2.05, 4.69) is 5.32 Å². The van der Waals surface area contributed by atoms with Crippen molar-refractivity contribution in [3.8, 4) is 0 Å². The molecule has 0 aromatic carbocycles. The van der Waals surface area contributed by atoms with E-state index >= 15 is 0 Å². The fourth-order valence-corrected chi connectivity index (χ4v) is 1.70. The molecule has 1 saturated carbocycles. The van der Waals surface area contributed by atoms with E-state index in [1.165, 1.54) is 32.1 Å². The SMILES string of the molecule is NC(=O)C(N)CNC1CCCCC1. The van der Waals surface area contributed by atoms with Crippen LogP contribution in [0.2, 0.25) is 0 Å². The minimum Gasteiger partial charge on any atom is -0.368 e. The molecule has 1 rings (SSSR count). The van der Waals surface area contributed by atoms with Crippen LogP contribution >= 0.6 is 0 Å². The van der Waals surface area contributed by atoms with Gasteiger partial charge in [-0.3, -0.25) is 4.79 Å². The van der Waals surface area contributed by atoms with Gasteiger partial charge in [0.1, 0.15) is 0 Å². The molecular formula is C9H19N3O. The lowest BCUT2D eigenvalue weighted by atomic mass is 9.95. The van der Waals surface area contributed by atoms with Crippen LogP contribution < -0.4 is 16.8 Å². The van der Waals surface area contributed by atoms with Crippen molar-refractivity contribution in [3.63, 3.8) is 0 Å². The van der Waals surface area contributed by atoms with Crippen LogP contribution in [0.5, 0.6) is 0 Å². The number of carbonyl (C=O) groups is 1. The summed E-state index contributed by atoms with van der Waals surface area (Å²) in [5, 5.41) is 3.28. The van der Waals surface area contributed by atoms with Crippen molar-refractivity contribution >= 4 is 5.91 Å². The first-order chi connectivity index (χ1) is 6.20. The molecule has 0 aromatic heterocycles. The fraction of sp³-hybridized carbons (Fsp3) is 0.889. The zero-order valence-corrected chi connectivity index (χ0v) is 7.96. The minimum absolute atomic E-state index is 0.427. The van der Waals surface area contributed by atoms with Crippen LogP contribution in [-0.4, -0.2) is 24.5 Å². The molecule has 0 saturated heterocycles. The summed E-state index contributed by atoms with van der Waals surface area (Å²) in [5.41, 5.74) is 10.5. The summed E-state index contributed by atoms with van der Waals surface area (Å²) in [6.45, 7) is 0.514. The monoisotopic (exact) mass is 185 g/mol. The van der Waals surface area contributed by atoms with E-state index in [1.807, 2.05) is 0 Å². The van der Waals surface area contributed by atoms with E-state index in [9.17, 15) is 4.79 Å². The number of hydrogen-bond acceptors (Lipinski definition) is 3. The molecule has 4 heteroatoms. The second kappa shape index (κ2) is 5.19. The van der Waals surface area contributed by atoms with Crippen LogP contribution in [0.3, 0.4) is 0 Å². The number of rotatable bonds is 4. The van der Waals surface area contributed by atoms with E-state index < -0.39 is 11.9 Å². The fourth-order valence-electron chi connectivity index (χ4n) is 1.70. The lowest BCUT2D eigenvalue weighted by Gasteiger charge is -2.23. The predicted molar refractivity (Wildman–Crippen MR) is 52.0 cm³/mol. The summed E-state index contributed by atoms with van der Waals surface area (Å²) in [5.74, 6) is -0.427. The molecule has 13 heavy (non-hydrogen) atoms. The third-order valence-electron chi connectivity index (χ3n) is 2.60. The van der Waals surface area contributed by atoms with Crippen molar-refractivity contribution in [2.24, 2.45) is 11.5 Å². The van der Waals surface area contributed by atoms with Crippen LogP contribution in [0, 0.1) is 0 Å². The molecule has 0 aliphatic heterocycles. The van der Waals surface area contributed by atoms with Crippen LogP contribution in [0.4, 0.5) is 0 Å². The summed E-state index contributed by atoms with van der Waals surface area (Å²) >= 11 is 0. The molecule has 0 bridgehead atoms. The average Bonchev–Trinajstić information content (AvgIpc) is 2.15. The molecule has 0 aromatic rings. The highest BCUT2D eigenvalue weighted by molar-refractivity contribution is 5.79. The second-order valence-corrected chi connectivity index (χ2v) is 3.75. The number of nitrogens with one attached hydrogen (secondary N) is 1. The lowest BCUT2D eigenvalue weighted by Crippen LogP contribution is -2.47. The Labute approximate surface area is 79.0 Å². The molecule has 0 heterocycles. The topological polar surface area (TPSA) is 81.1 Å². The summed E-state index contributed by atoms with van der Waals surface area (Å²) in [7, 11) is 0. The first kappa shape index (κ1) is 10.5. The van der Waals surface area contributed by atoms with Gasteiger partial charge in [-0.15, -0.1) is 0 Å². The first-order valence-electron chi connectivity index (χ1n) is 4.98. The van der Waals surface area contributed by atoms with Gasteiger partial charge in [-0.2, -0.15) is 0 Å². The molecule has 1 aliphatic carbocycles. The third kappa shape index (κ3) is 3.74. The zero-order chi connectivity index (χ0) is 9.68. The Bertz CT molecular complexity index is 166. The first-order valence-corrected chi connectivity index (χ1v) is 4.98. The van der Waals surface area contributed by atoms with Gasteiger partial charge in [0.25, 0.3) is 0 Å². The van der Waals surface area contributed by atoms with Crippen molar-refractivity contribution in [3.05, 3.63) is 0 Å². The Balaban J connectivity index is 2.13. The Morgan fingerprint density at radius 2 is 2.00 bits per heavy atom. The number of amides is 1. The summed E-state index contributed by atoms with van der Waals surface area (Å²) in [6.07, 6.45) is 6.30. The molecule has 4 nitrogen and oxygen atoms in total. The van der Waals surface area contributed by atoms with Gasteiger partial charge >= 0.3 is 0 Å². The van der Waals surface area contributed by atoms with Crippen LogP contribution in [-0.2, 0) is 4.79 Å². The number of carbonyl (C=O) groups excluding carboxylic acids is 1. The maximum absolute atomic E-state index is 10.6. The Kier molecular flexibility index (Phi) is 4.18. The van der Waals surface area contributed by atoms with E-state index in [0.29, 0.717) is 12.6 Å². The van der Waals surface area contributed by atoms with E-state index in [1.54, 1.807) is 0 Å². The van der Waals surface area contributed by atoms with Gasteiger partial charge in [0.2, 0.25) is 5.91 Å². The van der Waals surface area contributed by atoms with Gasteiger partial charge in [-0.1, -0.05) is 19.3 Å². The highest BCUT2D eigenvalue weighted by Gasteiger charge is 2.15. The van der Waals surface area contributed by atoms with Gasteiger partial charge in [0, 0.05) is 12.6 Å². The Morgan fingerprint density at radius 3 is 2.54 bits per heavy atom. The maximum Gasteiger partial charge on any atom is 0.235 e. The van der Waals surface area contributed by atoms with Crippen LogP contribution in [0.1, 0.15) is 32.1 Å². The number of nitrogens with two attached hydrogens (primary N) is 2. The Hall–Kier alpha value is -0.610. The molecule has 1 amide bonds. The molecule has 1 aliphatic rings. The summed E-state index contributed by atoms with van der Waals surface area (Å²) in [4.78, 5) is 10.6. The quantitative estimate of drug-likeness (QED) is 0.563. The number of primary amides is 1. The molecule has 5 N–H and O–H groups in total. The highest BCUT2D eigenvalue weighted by Crippen LogP contribution is 2.16. The molecule has 76 valence electrons. The molecule has 1 fully saturated rings. The van der Waals surface area contributed by atoms with Crippen molar-refractivity contribution in [1.82, 2.24) is 5.32 Å². The van der Waals surface area contributed by atoms with Gasteiger partial charge in [-0.25, -0.2) is 0 Å². The van der Waals surface area contributed by atoms with Gasteiger partial charge < -0.3 is 16.8 Å². The third-order valence-corrected chi connectivity index (χ3v) is 2.60. The van der Waals surface area contributed by atoms with Crippen molar-refractivity contribution in [1.29, 1.82) is 0 Å². The van der Waals surface area contributed by atoms with E-state index in [0.717, 1.165) is 0 Å². The van der Waals surface area contributed by atoms with E-state index in [-0.39, 0.29) is 0 Å². The van der Waals surface area contributed by atoms with Crippen LogP contribution in [0.15, 0.2) is 0 Å². The highest BCUT2D eigenvalue weighted by atomic mass is 16.1. The summed E-state index contributed by atoms with van der Waals surface area (Å²) < 4.78 is 0. The van der Waals surface area contributed by atoms with Crippen molar-refractivity contribution in [2.45, 2.75) is 44.2 Å². The lowest BCUT2D eigenvalue weighted by molar-refractivity contribution is -0.119. The van der Waals surface area contributed by atoms with Crippen molar-refractivity contribution < 1.29 is 4.79 Å². The van der Waals surface area contributed by atoms with Gasteiger partial charge in [0.15, 0.2) is 0 Å². The van der Waals surface area contributed by atoms with Gasteiger partial charge in [0.05, 0.1) is 6.04 Å². The average molecular weight is 185 g/mol. The van der Waals surface area contributed by atoms with E-state index in [4.69, 9.17) is 11.5 Å². The standard InChI is InChI=1S/C9H19N3O/c10-8(9(11)13)6-12-7-4-2-1-3-5-7/h7-8,12H,1-6,10H2,(H2,11,13). The smallest absolute Gasteiger partial charge is 0.235 e. The zero-order valence-electron chi connectivity index (χ0n) is 7.96. The normalized spacial score (nSPS) is 21.3. The second-order valence-electron chi connectivity index (χ2n) is 3.75. The van der Waals surface area contributed by atoms with Crippen molar-refractivity contribution in [2.75, 3.05) is 6.54 Å². The predicted octanol–water partition coefficient (Wildman–Crippen LogP) is -0.279. The molecule has 1 atom stereocenters. The summed E-state index contributed by atoms with van der Waals surface area (Å²) in [6, 6.07) is 0.000997. The Morgan fingerprint density at radius 1 is 1.38 bits per heavy atom. The number of hydrogen-bond donors (Lipinski definition) is 3. The van der Waals surface area contributed by atoms with Gasteiger partial charge in [-0.05, 0) is 12.8 Å². The molecule has 0 spiro atoms. The van der Waals surface area contributed by atoms with Crippen LogP contribution in [0.25, 0.3) is 0 Å².